The van der Waals surface area contributed by atoms with Gasteiger partial charge in [-0.3, -0.25) is 14.4 Å². The van der Waals surface area contributed by atoms with E-state index in [1.165, 1.54) is 31.9 Å². The van der Waals surface area contributed by atoms with Gasteiger partial charge in [-0.15, -0.1) is 0 Å². The van der Waals surface area contributed by atoms with Crippen LogP contribution >= 0.6 is 0 Å². The lowest BCUT2D eigenvalue weighted by Crippen LogP contribution is -2.46. The van der Waals surface area contributed by atoms with Crippen LogP contribution in [-0.2, 0) is 30.3 Å². The maximum atomic E-state index is 11.8. The van der Waals surface area contributed by atoms with Gasteiger partial charge in [-0.2, -0.15) is 0 Å². The number of benzene rings is 1. The second-order valence-electron chi connectivity index (χ2n) is 9.33. The molecule has 2 fully saturated rings. The van der Waals surface area contributed by atoms with Gasteiger partial charge in [-0.1, -0.05) is 13.0 Å². The van der Waals surface area contributed by atoms with Crippen molar-refractivity contribution in [3.8, 4) is 5.75 Å². The molecular weight excluding hydrogens is 384 g/mol. The number of aryl methyl sites for hydroxylation is 1. The first-order chi connectivity index (χ1) is 14.2. The van der Waals surface area contributed by atoms with E-state index in [1.807, 2.05) is 12.1 Å². The zero-order chi connectivity index (χ0) is 21.6. The summed E-state index contributed by atoms with van der Waals surface area (Å²) in [7, 11) is 0. The lowest BCUT2D eigenvalue weighted by atomic mass is 9.55. The van der Waals surface area contributed by atoms with E-state index in [0.717, 1.165) is 32.1 Å². The van der Waals surface area contributed by atoms with Crippen LogP contribution in [0, 0.1) is 17.3 Å². The van der Waals surface area contributed by atoms with E-state index >= 15 is 0 Å². The largest absolute Gasteiger partial charge is 0.459 e. The summed E-state index contributed by atoms with van der Waals surface area (Å²) in [5, 5.41) is 0. The molecule has 1 aromatic carbocycles. The van der Waals surface area contributed by atoms with Crippen molar-refractivity contribution in [1.29, 1.82) is 0 Å². The van der Waals surface area contributed by atoms with Crippen molar-refractivity contribution in [1.82, 2.24) is 0 Å². The van der Waals surface area contributed by atoms with Gasteiger partial charge in [0, 0.05) is 26.2 Å². The number of ether oxygens (including phenoxy) is 3. The summed E-state index contributed by atoms with van der Waals surface area (Å²) < 4.78 is 16.6. The van der Waals surface area contributed by atoms with Crippen molar-refractivity contribution in [2.45, 2.75) is 77.9 Å². The molecule has 1 aromatic rings. The molecular formula is C24H30O6. The summed E-state index contributed by atoms with van der Waals surface area (Å²) in [4.78, 5) is 34.8. The van der Waals surface area contributed by atoms with Gasteiger partial charge in [0.05, 0.1) is 0 Å². The smallest absolute Gasteiger partial charge is 0.308 e. The fourth-order valence-electron chi connectivity index (χ4n) is 6.44. The number of carbonyl (C=O) groups excluding carboxylic acids is 3. The third-order valence-electron chi connectivity index (χ3n) is 7.48. The summed E-state index contributed by atoms with van der Waals surface area (Å²) in [6.07, 6.45) is 3.83. The van der Waals surface area contributed by atoms with Crippen LogP contribution in [0.25, 0.3) is 0 Å². The summed E-state index contributed by atoms with van der Waals surface area (Å²) in [5.41, 5.74) is 2.40. The lowest BCUT2D eigenvalue weighted by molar-refractivity contribution is -0.171. The highest BCUT2D eigenvalue weighted by Crippen LogP contribution is 2.62. The highest BCUT2D eigenvalue weighted by molar-refractivity contribution is 5.69. The highest BCUT2D eigenvalue weighted by Gasteiger charge is 2.61. The molecule has 30 heavy (non-hydrogen) atoms. The first kappa shape index (κ1) is 20.9. The third kappa shape index (κ3) is 3.61. The van der Waals surface area contributed by atoms with Crippen molar-refractivity contribution in [3.05, 3.63) is 29.3 Å². The Morgan fingerprint density at radius 1 is 1.00 bits per heavy atom. The minimum absolute atomic E-state index is 0.192. The van der Waals surface area contributed by atoms with E-state index < -0.39 is 6.10 Å². The van der Waals surface area contributed by atoms with Gasteiger partial charge in [-0.25, -0.2) is 0 Å². The molecule has 0 amide bonds. The lowest BCUT2D eigenvalue weighted by Gasteiger charge is -2.50. The standard InChI is InChI=1S/C24H30O6/c1-13(25)28-17-6-8-18-16(11-17)5-7-20-19(18)9-10-24(4)21(20)12-22(29-14(2)26)23(24)30-15(3)27/h6,8,11,19-23H,5,7,9-10,12H2,1-4H3/t19?,20?,21?,22-,23?,24+/m1/s1. The van der Waals surface area contributed by atoms with E-state index in [4.69, 9.17) is 14.2 Å². The normalized spacial score (nSPS) is 34.2. The van der Waals surface area contributed by atoms with Crippen LogP contribution in [0.5, 0.6) is 5.75 Å². The average molecular weight is 414 g/mol. The van der Waals surface area contributed by atoms with Gasteiger partial charge in [0.25, 0.3) is 0 Å². The van der Waals surface area contributed by atoms with Crippen molar-refractivity contribution in [2.75, 3.05) is 0 Å². The van der Waals surface area contributed by atoms with Gasteiger partial charge in [-0.05, 0) is 73.1 Å². The Bertz CT molecular complexity index is 876. The number of esters is 3. The van der Waals surface area contributed by atoms with Gasteiger partial charge in [0.15, 0.2) is 0 Å². The van der Waals surface area contributed by atoms with Crippen LogP contribution in [0.1, 0.15) is 70.4 Å². The monoisotopic (exact) mass is 414 g/mol. The molecule has 3 aliphatic rings. The van der Waals surface area contributed by atoms with Gasteiger partial charge >= 0.3 is 17.9 Å². The highest BCUT2D eigenvalue weighted by atomic mass is 16.6. The van der Waals surface area contributed by atoms with Crippen LogP contribution in [0.4, 0.5) is 0 Å². The minimum atomic E-state index is -0.391. The van der Waals surface area contributed by atoms with E-state index in [9.17, 15) is 14.4 Å². The zero-order valence-corrected chi connectivity index (χ0v) is 18.1. The maximum absolute atomic E-state index is 11.8. The number of fused-ring (bicyclic) bond motifs is 5. The molecule has 3 aliphatic carbocycles. The Balaban J connectivity index is 1.62. The second-order valence-corrected chi connectivity index (χ2v) is 9.33. The van der Waals surface area contributed by atoms with Crippen LogP contribution < -0.4 is 4.74 Å². The second kappa shape index (κ2) is 7.71. The molecule has 2 saturated carbocycles. The number of hydrogen-bond acceptors (Lipinski definition) is 6. The number of hydrogen-bond donors (Lipinski definition) is 0. The van der Waals surface area contributed by atoms with Crippen LogP contribution in [0.2, 0.25) is 0 Å². The number of rotatable bonds is 3. The van der Waals surface area contributed by atoms with Gasteiger partial charge < -0.3 is 14.2 Å². The van der Waals surface area contributed by atoms with Gasteiger partial charge in [0.2, 0.25) is 0 Å². The molecule has 0 bridgehead atoms. The first-order valence-electron chi connectivity index (χ1n) is 10.8. The summed E-state index contributed by atoms with van der Waals surface area (Å²) in [6.45, 7) is 6.45. The fraction of sp³-hybridized carbons (Fsp3) is 0.625. The summed E-state index contributed by atoms with van der Waals surface area (Å²) in [6, 6.07) is 5.99. The molecule has 6 nitrogen and oxygen atoms in total. The molecule has 4 rings (SSSR count). The topological polar surface area (TPSA) is 78.9 Å². The van der Waals surface area contributed by atoms with Crippen molar-refractivity contribution in [2.24, 2.45) is 17.3 Å². The predicted molar refractivity (Wildman–Crippen MR) is 109 cm³/mol. The van der Waals surface area contributed by atoms with E-state index in [2.05, 4.69) is 13.0 Å². The minimum Gasteiger partial charge on any atom is -0.459 e. The van der Waals surface area contributed by atoms with E-state index in [-0.39, 0.29) is 29.4 Å². The molecule has 0 aromatic heterocycles. The molecule has 162 valence electrons. The van der Waals surface area contributed by atoms with Crippen molar-refractivity contribution < 1.29 is 28.6 Å². The summed E-state index contributed by atoms with van der Waals surface area (Å²) >= 11 is 0. The Morgan fingerprint density at radius 3 is 2.40 bits per heavy atom. The van der Waals surface area contributed by atoms with E-state index in [0.29, 0.717) is 23.5 Å². The van der Waals surface area contributed by atoms with Gasteiger partial charge in [0.1, 0.15) is 18.0 Å². The molecule has 0 heterocycles. The Labute approximate surface area is 177 Å². The van der Waals surface area contributed by atoms with Crippen LogP contribution in [0.3, 0.4) is 0 Å². The maximum Gasteiger partial charge on any atom is 0.308 e. The molecule has 0 radical (unpaired) electrons. The summed E-state index contributed by atoms with van der Waals surface area (Å²) in [5.74, 6) is 0.839. The zero-order valence-electron chi connectivity index (χ0n) is 18.1. The van der Waals surface area contributed by atoms with Crippen LogP contribution in [-0.4, -0.2) is 30.1 Å². The first-order valence-corrected chi connectivity index (χ1v) is 10.8. The Kier molecular flexibility index (Phi) is 5.37. The predicted octanol–water partition coefficient (Wildman–Crippen LogP) is 3.94. The molecule has 6 atom stereocenters. The average Bonchev–Trinajstić information content (AvgIpc) is 2.92. The quantitative estimate of drug-likeness (QED) is 0.551. The van der Waals surface area contributed by atoms with Crippen LogP contribution in [0.15, 0.2) is 18.2 Å². The van der Waals surface area contributed by atoms with Crippen molar-refractivity contribution >= 4 is 17.9 Å². The molecule has 4 unspecified atom stereocenters. The molecule has 0 aliphatic heterocycles. The van der Waals surface area contributed by atoms with Crippen molar-refractivity contribution in [3.63, 3.8) is 0 Å². The molecule has 6 heteroatoms. The Morgan fingerprint density at radius 2 is 1.73 bits per heavy atom. The Hall–Kier alpha value is -2.37. The number of carbonyl (C=O) groups is 3. The SMILES string of the molecule is CC(=O)Oc1ccc2c(c1)CCC1C2CC[C@@]2(C)C1C[C@@H](OC(C)=O)C2OC(C)=O. The molecule has 0 spiro atoms. The molecule has 0 N–H and O–H groups in total. The van der Waals surface area contributed by atoms with E-state index in [1.54, 1.807) is 0 Å². The molecule has 0 saturated heterocycles. The fourth-order valence-corrected chi connectivity index (χ4v) is 6.44. The third-order valence-corrected chi connectivity index (χ3v) is 7.48.